The zero-order valence-electron chi connectivity index (χ0n) is 30.5. The Bertz CT molecular complexity index is 1840. The van der Waals surface area contributed by atoms with E-state index in [0.29, 0.717) is 24.0 Å². The molecule has 0 aromatic heterocycles. The molecule has 7 atom stereocenters. The van der Waals surface area contributed by atoms with Crippen molar-refractivity contribution in [2.24, 2.45) is 5.41 Å². The van der Waals surface area contributed by atoms with Gasteiger partial charge in [0.05, 0.1) is 19.2 Å². The molecule has 16 heteroatoms. The molecular formula is C39H43F3N2O11. The molecule has 1 saturated carbocycles. The molecular weight excluding hydrogens is 729 g/mol. The largest absolute Gasteiger partial charge is 0.460 e. The molecule has 3 saturated heterocycles. The molecule has 7 unspecified atom stereocenters. The number of carbonyl (C=O) groups is 4. The van der Waals surface area contributed by atoms with E-state index in [1.165, 1.54) is 11.1 Å². The second-order valence-corrected chi connectivity index (χ2v) is 15.7. The number of hydrogen-bond acceptors (Lipinski definition) is 12. The maximum Gasteiger partial charge on any atom is 0.422 e. The van der Waals surface area contributed by atoms with Crippen LogP contribution in [0.3, 0.4) is 0 Å². The third kappa shape index (κ3) is 7.87. The van der Waals surface area contributed by atoms with Gasteiger partial charge in [-0.2, -0.15) is 18.2 Å². The van der Waals surface area contributed by atoms with Crippen LogP contribution in [-0.4, -0.2) is 101 Å². The summed E-state index contributed by atoms with van der Waals surface area (Å²) in [6, 6.07) is 12.3. The molecule has 3 aliphatic heterocycles. The van der Waals surface area contributed by atoms with Crippen molar-refractivity contribution in [2.45, 2.75) is 113 Å². The summed E-state index contributed by atoms with van der Waals surface area (Å²) in [6.07, 6.45) is -5.30. The van der Waals surface area contributed by atoms with E-state index in [1.54, 1.807) is 45.0 Å². The highest BCUT2D eigenvalue weighted by molar-refractivity contribution is 5.94. The van der Waals surface area contributed by atoms with E-state index in [-0.39, 0.29) is 25.8 Å². The highest BCUT2D eigenvalue weighted by atomic mass is 19.4. The average Bonchev–Trinajstić information content (AvgIpc) is 3.79. The predicted octanol–water partition coefficient (Wildman–Crippen LogP) is 3.48. The fourth-order valence-corrected chi connectivity index (χ4v) is 8.34. The second-order valence-electron chi connectivity index (χ2n) is 15.7. The van der Waals surface area contributed by atoms with Crippen LogP contribution < -0.4 is 5.32 Å². The summed E-state index contributed by atoms with van der Waals surface area (Å²) >= 11 is 0. The number of aliphatic hydroxyl groups excluding tert-OH is 1. The first-order chi connectivity index (χ1) is 26.0. The summed E-state index contributed by atoms with van der Waals surface area (Å²) in [7, 11) is 0. The Morgan fingerprint density at radius 3 is 2.38 bits per heavy atom. The number of aliphatic hydroxyl groups is 1. The molecule has 13 nitrogen and oxygen atoms in total. The minimum atomic E-state index is -4.69. The fourth-order valence-electron chi connectivity index (χ4n) is 8.34. The normalized spacial score (nSPS) is 28.4. The first-order valence-electron chi connectivity index (χ1n) is 18.2. The standard InChI is InChI=1S/C39H43F3N2O11/c1-36(2,3)52-29(47)15-13-26(20-45)43-35(49)38-18-27-30-31(54-37(53-30)16-23-9-5-6-10-24(23)17-37)33(38)55-44(32(38)34(48)51-27)19-25-11-7-4-8-22(25)12-14-28(46)50-21-39(40,41)42/h4-12,14,26-27,30-33,45H,13,15-21H2,1-3H3,(H,43,49). The molecule has 2 aliphatic carbocycles. The highest BCUT2D eigenvalue weighted by Gasteiger charge is 2.76. The summed E-state index contributed by atoms with van der Waals surface area (Å²) < 4.78 is 66.9. The lowest BCUT2D eigenvalue weighted by Gasteiger charge is -2.49. The van der Waals surface area contributed by atoms with E-state index in [2.05, 4.69) is 10.1 Å². The lowest BCUT2D eigenvalue weighted by Crippen LogP contribution is -2.70. The van der Waals surface area contributed by atoms with Gasteiger partial charge in [-0.05, 0) is 55.5 Å². The topological polar surface area (TPSA) is 159 Å². The zero-order valence-corrected chi connectivity index (χ0v) is 30.5. The predicted molar refractivity (Wildman–Crippen MR) is 184 cm³/mol. The van der Waals surface area contributed by atoms with Gasteiger partial charge in [-0.3, -0.25) is 19.2 Å². The summed E-state index contributed by atoms with van der Waals surface area (Å²) in [5.41, 5.74) is 0.670. The summed E-state index contributed by atoms with van der Waals surface area (Å²) in [5, 5.41) is 14.5. The van der Waals surface area contributed by atoms with E-state index < -0.39 is 96.5 Å². The SMILES string of the molecule is CC(C)(C)OC(=O)CCC(CO)NC(=O)C12CC3OC(=O)C1N(Cc1ccccc1C=CC(=O)OCC(F)(F)F)OC2C1OC2(Cc4ccccc4C2)OC31. The molecule has 2 N–H and O–H groups in total. The quantitative estimate of drug-likeness (QED) is 0.195. The van der Waals surface area contributed by atoms with Crippen molar-refractivity contribution >= 4 is 29.9 Å². The van der Waals surface area contributed by atoms with E-state index in [0.717, 1.165) is 17.2 Å². The molecule has 296 valence electrons. The number of ether oxygens (including phenoxy) is 5. The number of hydroxylamine groups is 2. The van der Waals surface area contributed by atoms with Crippen molar-refractivity contribution in [3.8, 4) is 0 Å². The lowest BCUT2D eigenvalue weighted by atomic mass is 9.62. The Hall–Kier alpha value is -4.35. The molecule has 5 aliphatic rings. The molecule has 4 fully saturated rings. The van der Waals surface area contributed by atoms with E-state index in [9.17, 15) is 37.5 Å². The number of esters is 3. The van der Waals surface area contributed by atoms with E-state index in [1.807, 2.05) is 24.3 Å². The Labute approximate surface area is 315 Å². The number of hydrogen-bond donors (Lipinski definition) is 2. The monoisotopic (exact) mass is 772 g/mol. The zero-order chi connectivity index (χ0) is 39.3. The molecule has 7 rings (SSSR count). The molecule has 1 amide bonds. The van der Waals surface area contributed by atoms with Crippen molar-refractivity contribution < 1.29 is 66.0 Å². The number of fused-ring (bicyclic) bond motifs is 5. The summed E-state index contributed by atoms with van der Waals surface area (Å²) in [6.45, 7) is 2.83. The molecule has 2 bridgehead atoms. The van der Waals surface area contributed by atoms with Crippen LogP contribution in [0.2, 0.25) is 0 Å². The minimum Gasteiger partial charge on any atom is -0.460 e. The fraction of sp³-hybridized carbons (Fsp3) is 0.538. The van der Waals surface area contributed by atoms with Gasteiger partial charge >= 0.3 is 24.1 Å². The third-order valence-corrected chi connectivity index (χ3v) is 10.5. The number of alkyl halides is 3. The minimum absolute atomic E-state index is 0.000766. The second kappa shape index (κ2) is 14.6. The number of rotatable bonds is 11. The Balaban J connectivity index is 1.18. The van der Waals surface area contributed by atoms with Crippen LogP contribution in [-0.2, 0) is 67.1 Å². The maximum atomic E-state index is 14.7. The van der Waals surface area contributed by atoms with Crippen molar-refractivity contribution in [1.82, 2.24) is 10.4 Å². The molecule has 0 radical (unpaired) electrons. The van der Waals surface area contributed by atoms with Crippen LogP contribution in [0, 0.1) is 5.41 Å². The molecule has 3 heterocycles. The molecule has 2 aromatic carbocycles. The highest BCUT2D eigenvalue weighted by Crippen LogP contribution is 2.58. The average molecular weight is 773 g/mol. The van der Waals surface area contributed by atoms with Gasteiger partial charge in [0.15, 0.2) is 18.4 Å². The van der Waals surface area contributed by atoms with E-state index in [4.69, 9.17) is 23.8 Å². The Kier molecular flexibility index (Phi) is 10.3. The van der Waals surface area contributed by atoms with Crippen LogP contribution >= 0.6 is 0 Å². The van der Waals surface area contributed by atoms with Gasteiger partial charge in [0, 0.05) is 31.8 Å². The number of nitrogens with zero attached hydrogens (tertiary/aromatic N) is 1. The van der Waals surface area contributed by atoms with Crippen LogP contribution in [0.15, 0.2) is 54.6 Å². The number of halogens is 3. The Morgan fingerprint density at radius 2 is 1.71 bits per heavy atom. The van der Waals surface area contributed by atoms with Crippen molar-refractivity contribution in [3.05, 3.63) is 76.9 Å². The first kappa shape index (κ1) is 38.9. The van der Waals surface area contributed by atoms with E-state index >= 15 is 0 Å². The van der Waals surface area contributed by atoms with Crippen molar-refractivity contribution in [3.63, 3.8) is 0 Å². The molecule has 55 heavy (non-hydrogen) atoms. The van der Waals surface area contributed by atoms with Gasteiger partial charge in [0.25, 0.3) is 0 Å². The van der Waals surface area contributed by atoms with Crippen LogP contribution in [0.25, 0.3) is 6.08 Å². The maximum absolute atomic E-state index is 14.7. The van der Waals surface area contributed by atoms with Crippen molar-refractivity contribution in [1.29, 1.82) is 0 Å². The van der Waals surface area contributed by atoms with Crippen LogP contribution in [0.4, 0.5) is 13.2 Å². The summed E-state index contributed by atoms with van der Waals surface area (Å²) in [4.78, 5) is 60.0. The number of nitrogens with one attached hydrogen (secondary N) is 1. The summed E-state index contributed by atoms with van der Waals surface area (Å²) in [5.74, 6) is -4.15. The van der Waals surface area contributed by atoms with Crippen LogP contribution in [0.1, 0.15) is 62.3 Å². The molecule has 2 aromatic rings. The van der Waals surface area contributed by atoms with Gasteiger partial charge in [0.2, 0.25) is 5.91 Å². The lowest BCUT2D eigenvalue weighted by molar-refractivity contribution is -0.217. The Morgan fingerprint density at radius 1 is 1.04 bits per heavy atom. The van der Waals surface area contributed by atoms with Gasteiger partial charge in [-0.15, -0.1) is 0 Å². The smallest absolute Gasteiger partial charge is 0.422 e. The first-order valence-corrected chi connectivity index (χ1v) is 18.2. The van der Waals surface area contributed by atoms with Gasteiger partial charge < -0.3 is 34.1 Å². The van der Waals surface area contributed by atoms with Crippen LogP contribution in [0.5, 0.6) is 0 Å². The van der Waals surface area contributed by atoms with Gasteiger partial charge in [-0.1, -0.05) is 48.5 Å². The van der Waals surface area contributed by atoms with Gasteiger partial charge in [0.1, 0.15) is 35.4 Å². The molecule has 1 spiro atoms. The number of carbonyl (C=O) groups excluding carboxylic acids is 4. The van der Waals surface area contributed by atoms with Gasteiger partial charge in [-0.25, -0.2) is 4.79 Å². The number of amides is 1. The van der Waals surface area contributed by atoms with Crippen molar-refractivity contribution in [2.75, 3.05) is 13.2 Å². The third-order valence-electron chi connectivity index (χ3n) is 10.5. The number of benzene rings is 2.